The number of amides is 1. The van der Waals surface area contributed by atoms with Gasteiger partial charge < -0.3 is 10.2 Å². The summed E-state index contributed by atoms with van der Waals surface area (Å²) in [5.41, 5.74) is -0.251. The molecular formula is C13H26N2O. The molecule has 3 nitrogen and oxygen atoms in total. The Kier molecular flexibility index (Phi) is 3.68. The highest BCUT2D eigenvalue weighted by atomic mass is 16.2. The van der Waals surface area contributed by atoms with Gasteiger partial charge in [0.2, 0.25) is 5.91 Å². The van der Waals surface area contributed by atoms with Crippen LogP contribution in [0.3, 0.4) is 0 Å². The van der Waals surface area contributed by atoms with Crippen LogP contribution in [-0.2, 0) is 4.79 Å². The van der Waals surface area contributed by atoms with Gasteiger partial charge in [-0.25, -0.2) is 0 Å². The van der Waals surface area contributed by atoms with E-state index in [4.69, 9.17) is 0 Å². The van der Waals surface area contributed by atoms with Crippen molar-refractivity contribution in [1.29, 1.82) is 0 Å². The number of carbonyl (C=O) groups is 1. The molecule has 94 valence electrons. The van der Waals surface area contributed by atoms with Crippen molar-refractivity contribution in [3.05, 3.63) is 0 Å². The summed E-state index contributed by atoms with van der Waals surface area (Å²) in [6, 6.07) is 0.0263. The van der Waals surface area contributed by atoms with Gasteiger partial charge in [0.05, 0.1) is 6.04 Å². The lowest BCUT2D eigenvalue weighted by molar-refractivity contribution is -0.144. The van der Waals surface area contributed by atoms with Crippen LogP contribution in [0.25, 0.3) is 0 Å². The first-order valence-corrected chi connectivity index (χ1v) is 6.21. The minimum Gasteiger partial charge on any atom is -0.332 e. The summed E-state index contributed by atoms with van der Waals surface area (Å²) in [5, 5.41) is 3.29. The maximum Gasteiger partial charge on any atom is 0.240 e. The molecule has 1 aliphatic rings. The molecule has 0 bridgehead atoms. The Hall–Kier alpha value is -0.570. The molecule has 0 saturated carbocycles. The van der Waals surface area contributed by atoms with Crippen molar-refractivity contribution in [2.75, 3.05) is 6.54 Å². The average molecular weight is 226 g/mol. The smallest absolute Gasteiger partial charge is 0.240 e. The van der Waals surface area contributed by atoms with Crippen molar-refractivity contribution in [3.8, 4) is 0 Å². The number of nitrogens with one attached hydrogen (secondary N) is 1. The quantitative estimate of drug-likeness (QED) is 0.743. The third-order valence-corrected chi connectivity index (χ3v) is 2.92. The van der Waals surface area contributed by atoms with Crippen LogP contribution in [0.5, 0.6) is 0 Å². The van der Waals surface area contributed by atoms with Gasteiger partial charge in [0.25, 0.3) is 0 Å². The van der Waals surface area contributed by atoms with Crippen molar-refractivity contribution in [2.24, 2.45) is 0 Å². The second-order valence-corrected chi connectivity index (χ2v) is 6.66. The molecule has 3 heteroatoms. The molecule has 0 spiro atoms. The third-order valence-electron chi connectivity index (χ3n) is 2.92. The lowest BCUT2D eigenvalue weighted by Gasteiger charge is -2.46. The second-order valence-electron chi connectivity index (χ2n) is 6.66. The van der Waals surface area contributed by atoms with Gasteiger partial charge in [-0.05, 0) is 60.9 Å². The highest BCUT2D eigenvalue weighted by molar-refractivity contribution is 5.83. The van der Waals surface area contributed by atoms with E-state index in [1.807, 2.05) is 4.90 Å². The summed E-state index contributed by atoms with van der Waals surface area (Å²) in [6.07, 6.45) is 2.08. The molecule has 0 aromatic heterocycles. The molecule has 1 amide bonds. The minimum absolute atomic E-state index is 0.0263. The highest BCUT2D eigenvalue weighted by Crippen LogP contribution is 2.27. The lowest BCUT2D eigenvalue weighted by Crippen LogP contribution is -2.59. The molecule has 0 radical (unpaired) electrons. The van der Waals surface area contributed by atoms with Crippen LogP contribution < -0.4 is 5.32 Å². The number of rotatable bonds is 1. The van der Waals surface area contributed by atoms with Crippen LogP contribution >= 0.6 is 0 Å². The molecule has 1 saturated heterocycles. The summed E-state index contributed by atoms with van der Waals surface area (Å²) in [4.78, 5) is 14.5. The Morgan fingerprint density at radius 1 is 1.12 bits per heavy atom. The highest BCUT2D eigenvalue weighted by Gasteiger charge is 2.39. The predicted octanol–water partition coefficient (Wildman–Crippen LogP) is 2.16. The summed E-state index contributed by atoms with van der Waals surface area (Å²) in [6.45, 7) is 13.6. The van der Waals surface area contributed by atoms with E-state index in [2.05, 4.69) is 46.9 Å². The van der Waals surface area contributed by atoms with Crippen molar-refractivity contribution >= 4 is 5.91 Å². The Labute approximate surface area is 99.6 Å². The molecule has 1 unspecified atom stereocenters. The topological polar surface area (TPSA) is 32.3 Å². The fraction of sp³-hybridized carbons (Fsp3) is 0.923. The Morgan fingerprint density at radius 2 is 1.62 bits per heavy atom. The first-order chi connectivity index (χ1) is 7.14. The van der Waals surface area contributed by atoms with Gasteiger partial charge in [0.15, 0.2) is 0 Å². The molecule has 0 aromatic rings. The Morgan fingerprint density at radius 3 is 1.94 bits per heavy atom. The zero-order valence-corrected chi connectivity index (χ0v) is 11.6. The molecule has 1 aliphatic heterocycles. The SMILES string of the molecule is CC(C)(C)N(C(=O)C1CCCN1)C(C)(C)C. The number of nitrogens with zero attached hydrogens (tertiary/aromatic N) is 1. The van der Waals surface area contributed by atoms with E-state index >= 15 is 0 Å². The largest absolute Gasteiger partial charge is 0.332 e. The van der Waals surface area contributed by atoms with Gasteiger partial charge in [-0.1, -0.05) is 0 Å². The molecule has 1 heterocycles. The fourth-order valence-corrected chi connectivity index (χ4v) is 2.72. The van der Waals surface area contributed by atoms with E-state index in [0.717, 1.165) is 19.4 Å². The van der Waals surface area contributed by atoms with Gasteiger partial charge >= 0.3 is 0 Å². The molecular weight excluding hydrogens is 200 g/mol. The third kappa shape index (κ3) is 2.97. The standard InChI is InChI=1S/C13H26N2O/c1-12(2,3)15(13(4,5)6)11(16)10-8-7-9-14-10/h10,14H,7-9H2,1-6H3. The second kappa shape index (κ2) is 4.36. The molecule has 1 N–H and O–H groups in total. The minimum atomic E-state index is -0.125. The van der Waals surface area contributed by atoms with Gasteiger partial charge in [0.1, 0.15) is 0 Å². The maximum atomic E-state index is 12.5. The van der Waals surface area contributed by atoms with Crippen LogP contribution in [0, 0.1) is 0 Å². The fourth-order valence-electron chi connectivity index (χ4n) is 2.72. The van der Waals surface area contributed by atoms with Crippen molar-refractivity contribution in [2.45, 2.75) is 71.5 Å². The van der Waals surface area contributed by atoms with E-state index < -0.39 is 0 Å². The van der Waals surface area contributed by atoms with Crippen LogP contribution in [-0.4, -0.2) is 34.5 Å². The zero-order chi connectivity index (χ0) is 12.6. The van der Waals surface area contributed by atoms with Crippen LogP contribution in [0.2, 0.25) is 0 Å². The molecule has 0 aromatic carbocycles. The molecule has 16 heavy (non-hydrogen) atoms. The molecule has 1 fully saturated rings. The summed E-state index contributed by atoms with van der Waals surface area (Å²) < 4.78 is 0. The van der Waals surface area contributed by atoms with Gasteiger partial charge in [0, 0.05) is 11.1 Å². The number of carbonyl (C=O) groups excluding carboxylic acids is 1. The molecule has 1 atom stereocenters. The van der Waals surface area contributed by atoms with Crippen LogP contribution in [0.4, 0.5) is 0 Å². The van der Waals surface area contributed by atoms with Gasteiger partial charge in [-0.15, -0.1) is 0 Å². The van der Waals surface area contributed by atoms with Crippen molar-refractivity contribution in [1.82, 2.24) is 10.2 Å². The van der Waals surface area contributed by atoms with Gasteiger partial charge in [-0.3, -0.25) is 4.79 Å². The average Bonchev–Trinajstić information content (AvgIpc) is 2.48. The summed E-state index contributed by atoms with van der Waals surface area (Å²) in [5.74, 6) is 0.248. The van der Waals surface area contributed by atoms with E-state index in [1.165, 1.54) is 0 Å². The van der Waals surface area contributed by atoms with Crippen LogP contribution in [0.15, 0.2) is 0 Å². The zero-order valence-electron chi connectivity index (χ0n) is 11.6. The van der Waals surface area contributed by atoms with E-state index in [-0.39, 0.29) is 23.0 Å². The number of hydrogen-bond donors (Lipinski definition) is 1. The predicted molar refractivity (Wildman–Crippen MR) is 67.4 cm³/mol. The van der Waals surface area contributed by atoms with E-state index in [1.54, 1.807) is 0 Å². The van der Waals surface area contributed by atoms with Crippen molar-refractivity contribution < 1.29 is 4.79 Å². The Bertz CT molecular complexity index is 240. The van der Waals surface area contributed by atoms with E-state index in [9.17, 15) is 4.79 Å². The first kappa shape index (κ1) is 13.5. The molecule has 1 rings (SSSR count). The Balaban J connectivity index is 2.89. The first-order valence-electron chi connectivity index (χ1n) is 6.21. The summed E-state index contributed by atoms with van der Waals surface area (Å²) in [7, 11) is 0. The lowest BCUT2D eigenvalue weighted by atomic mass is 9.94. The normalized spacial score (nSPS) is 22.2. The monoisotopic (exact) mass is 226 g/mol. The summed E-state index contributed by atoms with van der Waals surface area (Å²) >= 11 is 0. The number of hydrogen-bond acceptors (Lipinski definition) is 2. The molecule has 0 aliphatic carbocycles. The van der Waals surface area contributed by atoms with Crippen molar-refractivity contribution in [3.63, 3.8) is 0 Å². The van der Waals surface area contributed by atoms with Crippen LogP contribution in [0.1, 0.15) is 54.4 Å². The van der Waals surface area contributed by atoms with Gasteiger partial charge in [-0.2, -0.15) is 0 Å². The maximum absolute atomic E-state index is 12.5. The van der Waals surface area contributed by atoms with E-state index in [0.29, 0.717) is 0 Å².